The number of nitrogens with two attached hydrogens (primary N) is 1. The van der Waals surface area contributed by atoms with Gasteiger partial charge in [-0.05, 0) is 31.2 Å². The summed E-state index contributed by atoms with van der Waals surface area (Å²) in [6.45, 7) is 2.87. The summed E-state index contributed by atoms with van der Waals surface area (Å²) >= 11 is 1.68. The van der Waals surface area contributed by atoms with E-state index in [1.807, 2.05) is 24.6 Å². The van der Waals surface area contributed by atoms with Crippen LogP contribution in [0.1, 0.15) is 20.9 Å². The van der Waals surface area contributed by atoms with Gasteiger partial charge in [0, 0.05) is 29.1 Å². The summed E-state index contributed by atoms with van der Waals surface area (Å²) < 4.78 is 0. The second-order valence-corrected chi connectivity index (χ2v) is 4.92. The van der Waals surface area contributed by atoms with Gasteiger partial charge in [0.25, 0.3) is 0 Å². The largest absolute Gasteiger partial charge is 0.385 e. The lowest BCUT2D eigenvalue weighted by atomic mass is 10.2. The molecule has 2 rings (SSSR count). The summed E-state index contributed by atoms with van der Waals surface area (Å²) in [5.41, 5.74) is 9.66. The molecule has 0 atom stereocenters. The zero-order chi connectivity index (χ0) is 13.0. The molecule has 5 heteroatoms. The first-order chi connectivity index (χ1) is 8.66. The van der Waals surface area contributed by atoms with Gasteiger partial charge in [0.1, 0.15) is 0 Å². The zero-order valence-electron chi connectivity index (χ0n) is 10.1. The topological polar surface area (TPSA) is 68.0 Å². The van der Waals surface area contributed by atoms with E-state index in [4.69, 9.17) is 5.73 Å². The minimum Gasteiger partial charge on any atom is -0.385 e. The molecule has 0 saturated heterocycles. The molecular weight excluding hydrogens is 246 g/mol. The van der Waals surface area contributed by atoms with Gasteiger partial charge in [-0.3, -0.25) is 4.79 Å². The van der Waals surface area contributed by atoms with Crippen molar-refractivity contribution in [3.63, 3.8) is 0 Å². The maximum atomic E-state index is 10.9. The molecule has 0 spiro atoms. The highest BCUT2D eigenvalue weighted by Gasteiger charge is 2.02. The second kappa shape index (κ2) is 5.64. The van der Waals surface area contributed by atoms with Gasteiger partial charge >= 0.3 is 0 Å². The standard InChI is InChI=1S/C13H15N3OS/c1-9-12(18-8-16-9)6-7-15-11-4-2-10(3-5-11)13(14)17/h2-5,8,15H,6-7H2,1H3,(H2,14,17). The van der Waals surface area contributed by atoms with E-state index >= 15 is 0 Å². The van der Waals surface area contributed by atoms with Crippen LogP contribution in [0.5, 0.6) is 0 Å². The monoisotopic (exact) mass is 261 g/mol. The molecule has 3 N–H and O–H groups in total. The van der Waals surface area contributed by atoms with E-state index in [0.717, 1.165) is 24.3 Å². The maximum absolute atomic E-state index is 10.9. The van der Waals surface area contributed by atoms with E-state index < -0.39 is 5.91 Å². The Bertz CT molecular complexity index is 533. The number of hydrogen-bond acceptors (Lipinski definition) is 4. The summed E-state index contributed by atoms with van der Waals surface area (Å²) in [7, 11) is 0. The summed E-state index contributed by atoms with van der Waals surface area (Å²) in [4.78, 5) is 16.4. The van der Waals surface area contributed by atoms with Gasteiger partial charge in [0.2, 0.25) is 5.91 Å². The van der Waals surface area contributed by atoms with Crippen LogP contribution in [0.3, 0.4) is 0 Å². The van der Waals surface area contributed by atoms with Crippen molar-refractivity contribution in [3.05, 3.63) is 45.9 Å². The fourth-order valence-electron chi connectivity index (χ4n) is 1.64. The van der Waals surface area contributed by atoms with Gasteiger partial charge in [-0.15, -0.1) is 11.3 Å². The van der Waals surface area contributed by atoms with E-state index in [-0.39, 0.29) is 0 Å². The molecule has 0 aliphatic heterocycles. The third kappa shape index (κ3) is 3.07. The Hall–Kier alpha value is -1.88. The third-order valence-electron chi connectivity index (χ3n) is 2.70. The number of aryl methyl sites for hydroxylation is 1. The van der Waals surface area contributed by atoms with Crippen LogP contribution in [-0.2, 0) is 6.42 Å². The molecule has 0 bridgehead atoms. The van der Waals surface area contributed by atoms with E-state index in [9.17, 15) is 4.79 Å². The van der Waals surface area contributed by atoms with Crippen molar-refractivity contribution >= 4 is 22.9 Å². The highest BCUT2D eigenvalue weighted by molar-refractivity contribution is 7.09. The number of rotatable bonds is 5. The van der Waals surface area contributed by atoms with Gasteiger partial charge in [-0.25, -0.2) is 4.98 Å². The molecule has 4 nitrogen and oxygen atoms in total. The Morgan fingerprint density at radius 2 is 2.11 bits per heavy atom. The number of carbonyl (C=O) groups is 1. The lowest BCUT2D eigenvalue weighted by Gasteiger charge is -2.06. The molecule has 0 fully saturated rings. The minimum atomic E-state index is -0.401. The highest BCUT2D eigenvalue weighted by Crippen LogP contribution is 2.14. The van der Waals surface area contributed by atoms with Crippen LogP contribution < -0.4 is 11.1 Å². The molecule has 1 aromatic carbocycles. The van der Waals surface area contributed by atoms with Crippen molar-refractivity contribution in [1.29, 1.82) is 0 Å². The number of thiazole rings is 1. The molecule has 0 saturated carbocycles. The van der Waals surface area contributed by atoms with Gasteiger partial charge in [-0.2, -0.15) is 0 Å². The summed E-state index contributed by atoms with van der Waals surface area (Å²) in [6, 6.07) is 7.17. The maximum Gasteiger partial charge on any atom is 0.248 e. The molecule has 0 aliphatic rings. The fourth-order valence-corrected chi connectivity index (χ4v) is 2.42. The fraction of sp³-hybridized carbons (Fsp3) is 0.231. The van der Waals surface area contributed by atoms with Crippen molar-refractivity contribution < 1.29 is 4.79 Å². The predicted octanol–water partition coefficient (Wildman–Crippen LogP) is 2.21. The predicted molar refractivity (Wildman–Crippen MR) is 74.0 cm³/mol. The van der Waals surface area contributed by atoms with Gasteiger partial charge < -0.3 is 11.1 Å². The number of nitrogens with zero attached hydrogens (tertiary/aromatic N) is 1. The molecular formula is C13H15N3OS. The molecule has 94 valence electrons. The number of anilines is 1. The SMILES string of the molecule is Cc1ncsc1CCNc1ccc(C(N)=O)cc1. The van der Waals surface area contributed by atoms with Crippen LogP contribution in [-0.4, -0.2) is 17.4 Å². The van der Waals surface area contributed by atoms with Crippen molar-refractivity contribution in [2.45, 2.75) is 13.3 Å². The number of amides is 1. The number of carbonyl (C=O) groups excluding carboxylic acids is 1. The Kier molecular flexibility index (Phi) is 3.94. The summed E-state index contributed by atoms with van der Waals surface area (Å²) in [5.74, 6) is -0.401. The molecule has 0 radical (unpaired) electrons. The lowest BCUT2D eigenvalue weighted by Crippen LogP contribution is -2.11. The Balaban J connectivity index is 1.87. The lowest BCUT2D eigenvalue weighted by molar-refractivity contribution is 0.100. The molecule has 1 aromatic heterocycles. The summed E-state index contributed by atoms with van der Waals surface area (Å²) in [6.07, 6.45) is 0.952. The number of benzene rings is 1. The van der Waals surface area contributed by atoms with E-state index in [1.165, 1.54) is 4.88 Å². The van der Waals surface area contributed by atoms with Crippen LogP contribution in [0, 0.1) is 6.92 Å². The molecule has 2 aromatic rings. The quantitative estimate of drug-likeness (QED) is 0.867. The first-order valence-corrected chi connectivity index (χ1v) is 6.57. The number of primary amides is 1. The third-order valence-corrected chi connectivity index (χ3v) is 3.69. The average molecular weight is 261 g/mol. The minimum absolute atomic E-state index is 0.401. The molecule has 1 amide bonds. The van der Waals surface area contributed by atoms with Crippen molar-refractivity contribution in [2.75, 3.05) is 11.9 Å². The normalized spacial score (nSPS) is 10.3. The molecule has 0 aliphatic carbocycles. The highest BCUT2D eigenvalue weighted by atomic mass is 32.1. The van der Waals surface area contributed by atoms with Crippen molar-refractivity contribution in [1.82, 2.24) is 4.98 Å². The Labute approximate surface area is 110 Å². The first-order valence-electron chi connectivity index (χ1n) is 5.69. The van der Waals surface area contributed by atoms with E-state index in [1.54, 1.807) is 23.5 Å². The number of nitrogens with one attached hydrogen (secondary N) is 1. The van der Waals surface area contributed by atoms with Crippen LogP contribution in [0.4, 0.5) is 5.69 Å². The smallest absolute Gasteiger partial charge is 0.248 e. The molecule has 18 heavy (non-hydrogen) atoms. The van der Waals surface area contributed by atoms with Crippen LogP contribution in [0.25, 0.3) is 0 Å². The van der Waals surface area contributed by atoms with Crippen LogP contribution >= 0.6 is 11.3 Å². The van der Waals surface area contributed by atoms with Crippen molar-refractivity contribution in [2.24, 2.45) is 5.73 Å². The molecule has 1 heterocycles. The Morgan fingerprint density at radius 1 is 1.39 bits per heavy atom. The van der Waals surface area contributed by atoms with E-state index in [0.29, 0.717) is 5.56 Å². The zero-order valence-corrected chi connectivity index (χ0v) is 11.0. The molecule has 0 unspecified atom stereocenters. The summed E-state index contributed by atoms with van der Waals surface area (Å²) in [5, 5.41) is 3.30. The van der Waals surface area contributed by atoms with Gasteiger partial charge in [-0.1, -0.05) is 0 Å². The number of aromatic nitrogens is 1. The van der Waals surface area contributed by atoms with Crippen LogP contribution in [0.2, 0.25) is 0 Å². The Morgan fingerprint density at radius 3 is 2.67 bits per heavy atom. The van der Waals surface area contributed by atoms with Crippen molar-refractivity contribution in [3.8, 4) is 0 Å². The first kappa shape index (κ1) is 12.6. The van der Waals surface area contributed by atoms with Gasteiger partial charge in [0.05, 0.1) is 11.2 Å². The van der Waals surface area contributed by atoms with Crippen LogP contribution in [0.15, 0.2) is 29.8 Å². The second-order valence-electron chi connectivity index (χ2n) is 3.98. The average Bonchev–Trinajstić information content (AvgIpc) is 2.76. The number of hydrogen-bond donors (Lipinski definition) is 2. The van der Waals surface area contributed by atoms with E-state index in [2.05, 4.69) is 10.3 Å². The van der Waals surface area contributed by atoms with Gasteiger partial charge in [0.15, 0.2) is 0 Å².